The van der Waals surface area contributed by atoms with E-state index in [1.807, 2.05) is 24.3 Å². The van der Waals surface area contributed by atoms with E-state index >= 15 is 0 Å². The van der Waals surface area contributed by atoms with Crippen molar-refractivity contribution in [3.05, 3.63) is 78.6 Å². The number of oxime groups is 1. The van der Waals surface area contributed by atoms with Crippen molar-refractivity contribution in [3.63, 3.8) is 0 Å². The maximum Gasteiger partial charge on any atom is 0.254 e. The van der Waals surface area contributed by atoms with Crippen molar-refractivity contribution in [3.8, 4) is 22.6 Å². The number of amides is 2. The Labute approximate surface area is 220 Å². The van der Waals surface area contributed by atoms with E-state index in [9.17, 15) is 14.7 Å². The number of hydrogen-bond donors (Lipinski definition) is 2. The number of methoxy groups -OCH3 is 1. The molecule has 10 heteroatoms. The first kappa shape index (κ1) is 26.6. The number of benzene rings is 2. The van der Waals surface area contributed by atoms with Gasteiger partial charge in [0.25, 0.3) is 5.91 Å². The molecule has 10 nitrogen and oxygen atoms in total. The third-order valence-electron chi connectivity index (χ3n) is 6.08. The van der Waals surface area contributed by atoms with Crippen LogP contribution in [0.1, 0.15) is 16.8 Å². The summed E-state index contributed by atoms with van der Waals surface area (Å²) in [7, 11) is 2.99. The van der Waals surface area contributed by atoms with Crippen LogP contribution in [0.15, 0.2) is 78.2 Å². The molecule has 1 saturated heterocycles. The number of aliphatic hydroxyl groups is 1. The van der Waals surface area contributed by atoms with Crippen molar-refractivity contribution in [1.29, 1.82) is 0 Å². The fourth-order valence-electron chi connectivity index (χ4n) is 4.11. The van der Waals surface area contributed by atoms with E-state index in [-0.39, 0.29) is 32.0 Å². The van der Waals surface area contributed by atoms with Crippen LogP contribution in [-0.2, 0) is 9.63 Å². The van der Waals surface area contributed by atoms with Gasteiger partial charge >= 0.3 is 0 Å². The molecule has 38 heavy (non-hydrogen) atoms. The zero-order valence-corrected chi connectivity index (χ0v) is 21.2. The van der Waals surface area contributed by atoms with Crippen LogP contribution >= 0.6 is 0 Å². The SMILES string of the molecule is CON=C1C[C@@H](C(=O)NCC(O)COc2ccc(OC)cc2)N(C(=O)c2ccc(-c3cccnc3)cc2)C1. The van der Waals surface area contributed by atoms with Crippen LogP contribution in [0.2, 0.25) is 0 Å². The van der Waals surface area contributed by atoms with Crippen molar-refractivity contribution in [2.45, 2.75) is 18.6 Å². The van der Waals surface area contributed by atoms with Gasteiger partial charge in [0.05, 0.1) is 19.4 Å². The van der Waals surface area contributed by atoms with E-state index in [0.717, 1.165) is 11.1 Å². The van der Waals surface area contributed by atoms with E-state index in [1.165, 1.54) is 12.0 Å². The van der Waals surface area contributed by atoms with Gasteiger partial charge in [-0.05, 0) is 53.6 Å². The molecule has 0 spiro atoms. The van der Waals surface area contributed by atoms with Crippen LogP contribution in [0.5, 0.6) is 11.5 Å². The molecule has 0 radical (unpaired) electrons. The smallest absolute Gasteiger partial charge is 0.254 e. The molecule has 198 valence electrons. The number of pyridine rings is 1. The van der Waals surface area contributed by atoms with E-state index in [4.69, 9.17) is 14.3 Å². The molecule has 1 aromatic heterocycles. The quantitative estimate of drug-likeness (QED) is 0.396. The zero-order chi connectivity index (χ0) is 26.9. The molecule has 4 rings (SSSR count). The summed E-state index contributed by atoms with van der Waals surface area (Å²) in [5.74, 6) is 0.572. The Kier molecular flexibility index (Phi) is 8.89. The Hall–Kier alpha value is -4.44. The van der Waals surface area contributed by atoms with E-state index in [1.54, 1.807) is 55.9 Å². The average molecular weight is 519 g/mol. The molecule has 2 amide bonds. The Balaban J connectivity index is 1.37. The van der Waals surface area contributed by atoms with Gasteiger partial charge in [-0.1, -0.05) is 23.4 Å². The first-order valence-corrected chi connectivity index (χ1v) is 12.1. The lowest BCUT2D eigenvalue weighted by molar-refractivity contribution is -0.125. The number of carbonyl (C=O) groups excluding carboxylic acids is 2. The van der Waals surface area contributed by atoms with Crippen molar-refractivity contribution in [2.24, 2.45) is 5.16 Å². The monoisotopic (exact) mass is 518 g/mol. The van der Waals surface area contributed by atoms with Crippen LogP contribution in [0.4, 0.5) is 0 Å². The first-order valence-electron chi connectivity index (χ1n) is 12.1. The fourth-order valence-corrected chi connectivity index (χ4v) is 4.11. The summed E-state index contributed by atoms with van der Waals surface area (Å²) in [5, 5.41) is 17.0. The number of nitrogens with one attached hydrogen (secondary N) is 1. The van der Waals surface area contributed by atoms with Gasteiger partial charge in [0.2, 0.25) is 5.91 Å². The van der Waals surface area contributed by atoms with Crippen LogP contribution in [0.3, 0.4) is 0 Å². The molecule has 1 aliphatic heterocycles. The molecule has 2 atom stereocenters. The highest BCUT2D eigenvalue weighted by molar-refractivity contribution is 6.05. The third kappa shape index (κ3) is 6.65. The molecular formula is C28H30N4O6. The molecule has 0 bridgehead atoms. The van der Waals surface area contributed by atoms with E-state index in [2.05, 4.69) is 15.5 Å². The van der Waals surface area contributed by atoms with E-state index in [0.29, 0.717) is 22.8 Å². The predicted octanol–water partition coefficient (Wildman–Crippen LogP) is 2.53. The van der Waals surface area contributed by atoms with Crippen molar-refractivity contribution in [1.82, 2.24) is 15.2 Å². The topological polar surface area (TPSA) is 123 Å². The molecule has 1 aliphatic rings. The van der Waals surface area contributed by atoms with Gasteiger partial charge in [0, 0.05) is 30.9 Å². The Bertz CT molecular complexity index is 1250. The number of rotatable bonds is 10. The van der Waals surface area contributed by atoms with Gasteiger partial charge in [0.15, 0.2) is 0 Å². The molecule has 2 heterocycles. The molecule has 2 aromatic carbocycles. The number of aromatic nitrogens is 1. The Morgan fingerprint density at radius 2 is 1.82 bits per heavy atom. The lowest BCUT2D eigenvalue weighted by atomic mass is 10.0. The van der Waals surface area contributed by atoms with Gasteiger partial charge in [0.1, 0.15) is 37.4 Å². The number of hydrogen-bond acceptors (Lipinski definition) is 8. The molecule has 2 N–H and O–H groups in total. The van der Waals surface area contributed by atoms with Crippen molar-refractivity contribution >= 4 is 17.5 Å². The summed E-state index contributed by atoms with van der Waals surface area (Å²) >= 11 is 0. The fraction of sp³-hybridized carbons (Fsp3) is 0.286. The standard InChI is InChI=1S/C28H30N4O6/c1-36-24-9-11-25(12-10-24)38-18-23(33)16-30-27(34)26-14-22(31-37-2)17-32(26)28(35)20-7-5-19(6-8-20)21-4-3-13-29-15-21/h3-13,15,23,26,33H,14,16-18H2,1-2H3,(H,30,34)/t23?,26-/m0/s1. The Morgan fingerprint density at radius 3 is 2.47 bits per heavy atom. The van der Waals surface area contributed by atoms with Crippen LogP contribution in [0.25, 0.3) is 11.1 Å². The molecule has 3 aromatic rings. The van der Waals surface area contributed by atoms with Crippen molar-refractivity contribution < 1.29 is 29.0 Å². The minimum absolute atomic E-state index is 0.0143. The second kappa shape index (κ2) is 12.7. The summed E-state index contributed by atoms with van der Waals surface area (Å²) < 4.78 is 10.7. The van der Waals surface area contributed by atoms with Crippen LogP contribution in [0, 0.1) is 0 Å². The second-order valence-electron chi connectivity index (χ2n) is 8.70. The van der Waals surface area contributed by atoms with Gasteiger partial charge in [-0.25, -0.2) is 0 Å². The number of ether oxygens (including phenoxy) is 2. The van der Waals surface area contributed by atoms with Gasteiger partial charge in [-0.3, -0.25) is 14.6 Å². The maximum absolute atomic E-state index is 13.4. The van der Waals surface area contributed by atoms with Crippen LogP contribution in [-0.4, -0.2) is 78.6 Å². The van der Waals surface area contributed by atoms with Gasteiger partial charge in [-0.2, -0.15) is 0 Å². The van der Waals surface area contributed by atoms with E-state index < -0.39 is 18.1 Å². The lowest BCUT2D eigenvalue weighted by Crippen LogP contribution is -2.48. The highest BCUT2D eigenvalue weighted by Gasteiger charge is 2.38. The van der Waals surface area contributed by atoms with Crippen molar-refractivity contribution in [2.75, 3.05) is 33.9 Å². The number of nitrogens with zero attached hydrogens (tertiary/aromatic N) is 3. The molecule has 0 aliphatic carbocycles. The lowest BCUT2D eigenvalue weighted by Gasteiger charge is -2.24. The first-order chi connectivity index (χ1) is 18.5. The number of carbonyl (C=O) groups is 2. The summed E-state index contributed by atoms with van der Waals surface area (Å²) in [6.07, 6.45) is 2.74. The normalized spacial score (nSPS) is 16.7. The number of likely N-dealkylation sites (tertiary alicyclic amines) is 1. The Morgan fingerprint density at radius 1 is 1.08 bits per heavy atom. The highest BCUT2D eigenvalue weighted by atomic mass is 16.6. The number of aliphatic hydroxyl groups excluding tert-OH is 1. The molecule has 1 unspecified atom stereocenters. The van der Waals surface area contributed by atoms with Gasteiger partial charge in [-0.15, -0.1) is 0 Å². The maximum atomic E-state index is 13.4. The van der Waals surface area contributed by atoms with Gasteiger partial charge < -0.3 is 29.6 Å². The summed E-state index contributed by atoms with van der Waals surface area (Å²) in [6.45, 7) is 0.113. The molecule has 0 saturated carbocycles. The minimum atomic E-state index is -0.946. The summed E-state index contributed by atoms with van der Waals surface area (Å²) in [6, 6.07) is 17.1. The highest BCUT2D eigenvalue weighted by Crippen LogP contribution is 2.23. The largest absolute Gasteiger partial charge is 0.497 e. The molecular weight excluding hydrogens is 488 g/mol. The van der Waals surface area contributed by atoms with Crippen LogP contribution < -0.4 is 14.8 Å². The average Bonchev–Trinajstić information content (AvgIpc) is 3.39. The second-order valence-corrected chi connectivity index (χ2v) is 8.70. The summed E-state index contributed by atoms with van der Waals surface area (Å²) in [5.41, 5.74) is 2.89. The third-order valence-corrected chi connectivity index (χ3v) is 6.08. The zero-order valence-electron chi connectivity index (χ0n) is 21.2. The predicted molar refractivity (Wildman–Crippen MR) is 141 cm³/mol. The minimum Gasteiger partial charge on any atom is -0.497 e. The molecule has 1 fully saturated rings. The summed E-state index contributed by atoms with van der Waals surface area (Å²) in [4.78, 5) is 36.9.